The zero-order chi connectivity index (χ0) is 19.2. The summed E-state index contributed by atoms with van der Waals surface area (Å²) in [5.74, 6) is 0.116. The average molecular weight is 373 g/mol. The van der Waals surface area contributed by atoms with Crippen LogP contribution in [0.3, 0.4) is 0 Å². The minimum Gasteiger partial charge on any atom is -0.337 e. The number of halogens is 3. The van der Waals surface area contributed by atoms with E-state index in [0.717, 1.165) is 28.9 Å². The van der Waals surface area contributed by atoms with Gasteiger partial charge < -0.3 is 9.42 Å². The smallest absolute Gasteiger partial charge is 0.337 e. The van der Waals surface area contributed by atoms with Gasteiger partial charge >= 0.3 is 6.18 Å². The molecule has 1 aliphatic rings. The molecule has 8 heteroatoms. The van der Waals surface area contributed by atoms with Crippen LogP contribution >= 0.6 is 0 Å². The molecule has 0 saturated carbocycles. The number of nitrogens with zero attached hydrogens (tertiary/aromatic N) is 3. The fourth-order valence-electron chi connectivity index (χ4n) is 3.09. The van der Waals surface area contributed by atoms with Crippen molar-refractivity contribution >= 4 is 11.6 Å². The molecule has 0 atom stereocenters. The zero-order valence-corrected chi connectivity index (χ0v) is 14.2. The van der Waals surface area contributed by atoms with Crippen LogP contribution in [-0.2, 0) is 23.9 Å². The molecule has 27 heavy (non-hydrogen) atoms. The van der Waals surface area contributed by atoms with Gasteiger partial charge in [0.1, 0.15) is 6.54 Å². The highest BCUT2D eigenvalue weighted by molar-refractivity contribution is 6.01. The Kier molecular flexibility index (Phi) is 3.98. The summed E-state index contributed by atoms with van der Waals surface area (Å²) < 4.78 is 43.7. The molecule has 5 nitrogen and oxygen atoms in total. The minimum absolute atomic E-state index is 0.0480. The van der Waals surface area contributed by atoms with E-state index in [4.69, 9.17) is 4.52 Å². The zero-order valence-electron chi connectivity index (χ0n) is 14.2. The minimum atomic E-state index is -4.45. The number of hydrogen-bond donors (Lipinski definition) is 0. The van der Waals surface area contributed by atoms with Gasteiger partial charge in [0.05, 0.1) is 12.0 Å². The molecular weight excluding hydrogens is 359 g/mol. The lowest BCUT2D eigenvalue weighted by molar-refractivity contribution is -0.137. The molecule has 1 aliphatic heterocycles. The Hall–Kier alpha value is -3.16. The van der Waals surface area contributed by atoms with Gasteiger partial charge in [0.2, 0.25) is 17.6 Å². The predicted octanol–water partition coefficient (Wildman–Crippen LogP) is 4.15. The van der Waals surface area contributed by atoms with E-state index in [9.17, 15) is 18.0 Å². The summed E-state index contributed by atoms with van der Waals surface area (Å²) in [5.41, 5.74) is 2.18. The van der Waals surface area contributed by atoms with Crippen LogP contribution in [0, 0.1) is 6.92 Å². The topological polar surface area (TPSA) is 59.2 Å². The third-order valence-corrected chi connectivity index (χ3v) is 4.38. The van der Waals surface area contributed by atoms with E-state index in [-0.39, 0.29) is 29.7 Å². The van der Waals surface area contributed by atoms with E-state index < -0.39 is 11.7 Å². The first-order valence-electron chi connectivity index (χ1n) is 8.21. The summed E-state index contributed by atoms with van der Waals surface area (Å²) in [7, 11) is 0. The van der Waals surface area contributed by atoms with Crippen LogP contribution in [0.25, 0.3) is 11.4 Å². The highest BCUT2D eigenvalue weighted by Crippen LogP contribution is 2.33. The predicted molar refractivity (Wildman–Crippen MR) is 90.8 cm³/mol. The van der Waals surface area contributed by atoms with Crippen molar-refractivity contribution in [2.45, 2.75) is 26.1 Å². The van der Waals surface area contributed by atoms with E-state index in [0.29, 0.717) is 6.42 Å². The highest BCUT2D eigenvalue weighted by atomic mass is 19.4. The van der Waals surface area contributed by atoms with Gasteiger partial charge in [0.25, 0.3) is 0 Å². The Balaban J connectivity index is 1.59. The molecule has 0 N–H and O–H groups in total. The number of benzene rings is 2. The van der Waals surface area contributed by atoms with E-state index in [1.165, 1.54) is 17.0 Å². The fraction of sp³-hybridized carbons (Fsp3) is 0.211. The van der Waals surface area contributed by atoms with Gasteiger partial charge in [0, 0.05) is 11.3 Å². The quantitative estimate of drug-likeness (QED) is 0.692. The number of carbonyl (C=O) groups excluding carboxylic acids is 1. The molecule has 0 radical (unpaired) electrons. The maximum absolute atomic E-state index is 12.9. The van der Waals surface area contributed by atoms with Gasteiger partial charge in [-0.3, -0.25) is 4.79 Å². The summed E-state index contributed by atoms with van der Waals surface area (Å²) in [5, 5.41) is 3.76. The number of fused-ring (bicyclic) bond motifs is 1. The molecule has 2 aromatic carbocycles. The summed E-state index contributed by atoms with van der Waals surface area (Å²) in [6.45, 7) is 2.02. The van der Waals surface area contributed by atoms with E-state index >= 15 is 0 Å². The largest absolute Gasteiger partial charge is 0.416 e. The molecule has 2 heterocycles. The molecule has 0 bridgehead atoms. The van der Waals surface area contributed by atoms with E-state index in [1.807, 2.05) is 25.1 Å². The number of hydrogen-bond acceptors (Lipinski definition) is 4. The molecule has 0 spiro atoms. The SMILES string of the molecule is Cc1ccc2c(c1)CC(=O)N2Cc1nc(-c2cccc(C(F)(F)F)c2)no1. The lowest BCUT2D eigenvalue weighted by atomic mass is 10.1. The number of alkyl halides is 3. The number of rotatable bonds is 3. The molecule has 3 aromatic rings. The van der Waals surface area contributed by atoms with Crippen LogP contribution in [0.5, 0.6) is 0 Å². The first kappa shape index (κ1) is 17.3. The molecule has 0 unspecified atom stereocenters. The molecule has 0 fully saturated rings. The third kappa shape index (κ3) is 3.30. The summed E-state index contributed by atoms with van der Waals surface area (Å²) >= 11 is 0. The van der Waals surface area contributed by atoms with Crippen molar-refractivity contribution in [2.24, 2.45) is 0 Å². The Labute approximate surface area is 152 Å². The maximum atomic E-state index is 12.9. The van der Waals surface area contributed by atoms with Crippen LogP contribution in [-0.4, -0.2) is 16.0 Å². The summed E-state index contributed by atoms with van der Waals surface area (Å²) in [6.07, 6.45) is -4.15. The van der Waals surface area contributed by atoms with E-state index in [1.54, 1.807) is 0 Å². The van der Waals surface area contributed by atoms with Gasteiger partial charge in [-0.1, -0.05) is 35.0 Å². The second kappa shape index (κ2) is 6.22. The second-order valence-corrected chi connectivity index (χ2v) is 6.38. The number of carbonyl (C=O) groups is 1. The molecule has 1 aromatic heterocycles. The number of anilines is 1. The maximum Gasteiger partial charge on any atom is 0.416 e. The lowest BCUT2D eigenvalue weighted by Crippen LogP contribution is -2.26. The van der Waals surface area contributed by atoms with E-state index in [2.05, 4.69) is 10.1 Å². The molecule has 1 amide bonds. The van der Waals surface area contributed by atoms with Crippen molar-refractivity contribution in [3.8, 4) is 11.4 Å². The standard InChI is InChI=1S/C19H14F3N3O2/c1-11-5-6-15-13(7-11)9-17(26)25(15)10-16-23-18(24-27-16)12-3-2-4-14(8-12)19(20,21)22/h2-8H,9-10H2,1H3. The third-order valence-electron chi connectivity index (χ3n) is 4.38. The Morgan fingerprint density at radius 2 is 2.00 bits per heavy atom. The van der Waals surface area contributed by atoms with Crippen molar-refractivity contribution in [3.63, 3.8) is 0 Å². The molecular formula is C19H14F3N3O2. The van der Waals surface area contributed by atoms with Crippen LogP contribution in [0.15, 0.2) is 47.0 Å². The van der Waals surface area contributed by atoms with Gasteiger partial charge in [0.15, 0.2) is 0 Å². The second-order valence-electron chi connectivity index (χ2n) is 6.38. The first-order chi connectivity index (χ1) is 12.8. The molecule has 0 aliphatic carbocycles. The summed E-state index contributed by atoms with van der Waals surface area (Å²) in [6, 6.07) is 10.4. The van der Waals surface area contributed by atoms with Crippen LogP contribution < -0.4 is 4.90 Å². The molecule has 138 valence electrons. The van der Waals surface area contributed by atoms with Crippen molar-refractivity contribution in [1.29, 1.82) is 0 Å². The highest BCUT2D eigenvalue weighted by Gasteiger charge is 2.31. The van der Waals surface area contributed by atoms with Crippen molar-refractivity contribution in [1.82, 2.24) is 10.1 Å². The Morgan fingerprint density at radius 1 is 1.19 bits per heavy atom. The fourth-order valence-corrected chi connectivity index (χ4v) is 3.09. The van der Waals surface area contributed by atoms with Crippen molar-refractivity contribution in [3.05, 3.63) is 65.0 Å². The van der Waals surface area contributed by atoms with Crippen LogP contribution in [0.2, 0.25) is 0 Å². The lowest BCUT2D eigenvalue weighted by Gasteiger charge is -2.14. The van der Waals surface area contributed by atoms with Crippen LogP contribution in [0.4, 0.5) is 18.9 Å². The van der Waals surface area contributed by atoms with Crippen LogP contribution in [0.1, 0.15) is 22.6 Å². The number of aryl methyl sites for hydroxylation is 1. The Bertz CT molecular complexity index is 1030. The monoisotopic (exact) mass is 373 g/mol. The Morgan fingerprint density at radius 3 is 2.78 bits per heavy atom. The number of amides is 1. The van der Waals surface area contributed by atoms with Gasteiger partial charge in [-0.05, 0) is 30.7 Å². The van der Waals surface area contributed by atoms with Crippen molar-refractivity contribution in [2.75, 3.05) is 4.90 Å². The molecule has 4 rings (SSSR count). The normalized spacial score (nSPS) is 13.9. The average Bonchev–Trinajstić information content (AvgIpc) is 3.19. The van der Waals surface area contributed by atoms with Crippen molar-refractivity contribution < 1.29 is 22.5 Å². The van der Waals surface area contributed by atoms with Gasteiger partial charge in [-0.15, -0.1) is 0 Å². The number of aromatic nitrogens is 2. The first-order valence-corrected chi connectivity index (χ1v) is 8.21. The molecule has 0 saturated heterocycles. The van der Waals surface area contributed by atoms with Gasteiger partial charge in [-0.2, -0.15) is 18.2 Å². The summed E-state index contributed by atoms with van der Waals surface area (Å²) in [4.78, 5) is 18.0. The van der Waals surface area contributed by atoms with Gasteiger partial charge in [-0.25, -0.2) is 0 Å².